The SMILES string of the molecule is C=C(C)C[C@@H](NC(=O)c1ccccc1F)C(N)=O. The number of amides is 2. The van der Waals surface area contributed by atoms with E-state index in [4.69, 9.17) is 5.73 Å². The van der Waals surface area contributed by atoms with Gasteiger partial charge in [0.1, 0.15) is 11.9 Å². The molecule has 2 amide bonds. The second kappa shape index (κ2) is 5.95. The Labute approximate surface area is 105 Å². The molecule has 0 heterocycles. The van der Waals surface area contributed by atoms with Gasteiger partial charge in [0.05, 0.1) is 5.56 Å². The number of carbonyl (C=O) groups is 2. The van der Waals surface area contributed by atoms with Crippen molar-refractivity contribution in [1.29, 1.82) is 0 Å². The Morgan fingerprint density at radius 1 is 1.44 bits per heavy atom. The molecule has 0 saturated carbocycles. The smallest absolute Gasteiger partial charge is 0.254 e. The molecule has 1 atom stereocenters. The number of hydrogen-bond donors (Lipinski definition) is 2. The predicted molar refractivity (Wildman–Crippen MR) is 66.3 cm³/mol. The quantitative estimate of drug-likeness (QED) is 0.775. The highest BCUT2D eigenvalue weighted by Crippen LogP contribution is 2.08. The van der Waals surface area contributed by atoms with Crippen LogP contribution in [0.4, 0.5) is 4.39 Å². The Kier molecular flexibility index (Phi) is 4.59. The van der Waals surface area contributed by atoms with E-state index in [-0.39, 0.29) is 12.0 Å². The molecule has 0 unspecified atom stereocenters. The second-order valence-electron chi connectivity index (χ2n) is 4.07. The van der Waals surface area contributed by atoms with Gasteiger partial charge in [-0.25, -0.2) is 4.39 Å². The third-order valence-electron chi connectivity index (χ3n) is 2.32. The van der Waals surface area contributed by atoms with Crippen molar-refractivity contribution in [2.24, 2.45) is 5.73 Å². The van der Waals surface area contributed by atoms with Gasteiger partial charge in [-0.05, 0) is 25.5 Å². The highest BCUT2D eigenvalue weighted by atomic mass is 19.1. The van der Waals surface area contributed by atoms with Crippen LogP contribution in [0, 0.1) is 5.82 Å². The van der Waals surface area contributed by atoms with Gasteiger partial charge >= 0.3 is 0 Å². The van der Waals surface area contributed by atoms with Crippen molar-refractivity contribution in [2.45, 2.75) is 19.4 Å². The van der Waals surface area contributed by atoms with Crippen LogP contribution in [0.25, 0.3) is 0 Å². The highest BCUT2D eigenvalue weighted by molar-refractivity contribution is 5.97. The number of carbonyl (C=O) groups excluding carboxylic acids is 2. The van der Waals surface area contributed by atoms with Gasteiger partial charge in [0.25, 0.3) is 5.91 Å². The van der Waals surface area contributed by atoms with Crippen molar-refractivity contribution in [1.82, 2.24) is 5.32 Å². The molecule has 0 spiro atoms. The van der Waals surface area contributed by atoms with Crippen LogP contribution in [0.15, 0.2) is 36.4 Å². The van der Waals surface area contributed by atoms with Gasteiger partial charge in [-0.3, -0.25) is 9.59 Å². The van der Waals surface area contributed by atoms with Crippen LogP contribution >= 0.6 is 0 Å². The van der Waals surface area contributed by atoms with E-state index in [1.54, 1.807) is 6.92 Å². The lowest BCUT2D eigenvalue weighted by molar-refractivity contribution is -0.119. The van der Waals surface area contributed by atoms with Crippen LogP contribution < -0.4 is 11.1 Å². The monoisotopic (exact) mass is 250 g/mol. The fraction of sp³-hybridized carbons (Fsp3) is 0.231. The maximum Gasteiger partial charge on any atom is 0.254 e. The van der Waals surface area contributed by atoms with Crippen molar-refractivity contribution < 1.29 is 14.0 Å². The molecule has 0 bridgehead atoms. The summed E-state index contributed by atoms with van der Waals surface area (Å²) in [7, 11) is 0. The zero-order valence-corrected chi connectivity index (χ0v) is 10.1. The first-order valence-electron chi connectivity index (χ1n) is 5.41. The average molecular weight is 250 g/mol. The molecule has 1 aromatic carbocycles. The van der Waals surface area contributed by atoms with Crippen LogP contribution in [0.2, 0.25) is 0 Å². The number of halogens is 1. The standard InChI is InChI=1S/C13H15FN2O2/c1-8(2)7-11(12(15)17)16-13(18)9-5-3-4-6-10(9)14/h3-6,11H,1,7H2,2H3,(H2,15,17)(H,16,18)/t11-/m1/s1. The van der Waals surface area contributed by atoms with Crippen LogP contribution in [0.1, 0.15) is 23.7 Å². The average Bonchev–Trinajstić information content (AvgIpc) is 2.27. The summed E-state index contributed by atoms with van der Waals surface area (Å²) in [5, 5.41) is 2.39. The molecular formula is C13H15FN2O2. The summed E-state index contributed by atoms with van der Waals surface area (Å²) in [6, 6.07) is 4.65. The normalized spacial score (nSPS) is 11.7. The fourth-order valence-electron chi connectivity index (χ4n) is 1.45. The Balaban J connectivity index is 2.82. The number of hydrogen-bond acceptors (Lipinski definition) is 2. The van der Waals surface area contributed by atoms with Gasteiger partial charge < -0.3 is 11.1 Å². The molecule has 0 radical (unpaired) electrons. The van der Waals surface area contributed by atoms with Crippen LogP contribution in [-0.4, -0.2) is 17.9 Å². The zero-order valence-electron chi connectivity index (χ0n) is 10.1. The molecular weight excluding hydrogens is 235 g/mol. The molecule has 0 aromatic heterocycles. The van der Waals surface area contributed by atoms with Gasteiger partial charge in [-0.2, -0.15) is 0 Å². The van der Waals surface area contributed by atoms with Crippen LogP contribution in [0.3, 0.4) is 0 Å². The van der Waals surface area contributed by atoms with E-state index >= 15 is 0 Å². The molecule has 0 saturated heterocycles. The minimum absolute atomic E-state index is 0.120. The highest BCUT2D eigenvalue weighted by Gasteiger charge is 2.20. The third-order valence-corrected chi connectivity index (χ3v) is 2.32. The van der Waals surface area contributed by atoms with Crippen molar-refractivity contribution in [3.8, 4) is 0 Å². The van der Waals surface area contributed by atoms with Gasteiger partial charge in [0.15, 0.2) is 0 Å². The number of nitrogens with two attached hydrogens (primary N) is 1. The van der Waals surface area contributed by atoms with E-state index in [1.165, 1.54) is 24.3 Å². The molecule has 1 rings (SSSR count). The molecule has 5 heteroatoms. The summed E-state index contributed by atoms with van der Waals surface area (Å²) in [6.45, 7) is 5.36. The minimum Gasteiger partial charge on any atom is -0.368 e. The van der Waals surface area contributed by atoms with Gasteiger partial charge in [0, 0.05) is 0 Å². The first kappa shape index (κ1) is 13.9. The molecule has 1 aromatic rings. The lowest BCUT2D eigenvalue weighted by Crippen LogP contribution is -2.44. The summed E-state index contributed by atoms with van der Waals surface area (Å²) in [4.78, 5) is 22.9. The number of benzene rings is 1. The Hall–Kier alpha value is -2.17. The second-order valence-corrected chi connectivity index (χ2v) is 4.07. The molecule has 96 valence electrons. The Bertz CT molecular complexity index is 486. The first-order chi connectivity index (χ1) is 8.41. The van der Waals surface area contributed by atoms with E-state index in [9.17, 15) is 14.0 Å². The van der Waals surface area contributed by atoms with Crippen LogP contribution in [-0.2, 0) is 4.79 Å². The largest absolute Gasteiger partial charge is 0.368 e. The fourth-order valence-corrected chi connectivity index (χ4v) is 1.45. The molecule has 3 N–H and O–H groups in total. The summed E-state index contributed by atoms with van der Waals surface area (Å²) in [5.74, 6) is -1.99. The molecule has 18 heavy (non-hydrogen) atoms. The number of primary amides is 1. The lowest BCUT2D eigenvalue weighted by atomic mass is 10.1. The van der Waals surface area contributed by atoms with Crippen molar-refractivity contribution in [3.05, 3.63) is 47.8 Å². The first-order valence-corrected chi connectivity index (χ1v) is 5.41. The van der Waals surface area contributed by atoms with E-state index in [0.29, 0.717) is 5.57 Å². The van der Waals surface area contributed by atoms with Gasteiger partial charge in [-0.1, -0.05) is 17.7 Å². The van der Waals surface area contributed by atoms with E-state index < -0.39 is 23.7 Å². The topological polar surface area (TPSA) is 72.2 Å². The summed E-state index contributed by atoms with van der Waals surface area (Å²) in [6.07, 6.45) is 0.232. The molecule has 0 aliphatic heterocycles. The summed E-state index contributed by atoms with van der Waals surface area (Å²) < 4.78 is 13.4. The van der Waals surface area contributed by atoms with E-state index in [1.807, 2.05) is 0 Å². The molecule has 0 fully saturated rings. The van der Waals surface area contributed by atoms with E-state index in [2.05, 4.69) is 11.9 Å². The Morgan fingerprint density at radius 3 is 2.56 bits per heavy atom. The summed E-state index contributed by atoms with van der Waals surface area (Å²) >= 11 is 0. The van der Waals surface area contributed by atoms with E-state index in [0.717, 1.165) is 0 Å². The molecule has 0 aliphatic rings. The third kappa shape index (κ3) is 3.69. The van der Waals surface area contributed by atoms with Crippen molar-refractivity contribution >= 4 is 11.8 Å². The summed E-state index contributed by atoms with van der Waals surface area (Å²) in [5.41, 5.74) is 5.74. The zero-order chi connectivity index (χ0) is 13.7. The molecule has 0 aliphatic carbocycles. The minimum atomic E-state index is -0.880. The van der Waals surface area contributed by atoms with Crippen LogP contribution in [0.5, 0.6) is 0 Å². The molecule has 4 nitrogen and oxygen atoms in total. The Morgan fingerprint density at radius 2 is 2.06 bits per heavy atom. The van der Waals surface area contributed by atoms with Crippen molar-refractivity contribution in [3.63, 3.8) is 0 Å². The number of rotatable bonds is 5. The maximum absolute atomic E-state index is 13.4. The van der Waals surface area contributed by atoms with Gasteiger partial charge in [-0.15, -0.1) is 6.58 Å². The number of nitrogens with one attached hydrogen (secondary N) is 1. The van der Waals surface area contributed by atoms with Gasteiger partial charge in [0.2, 0.25) is 5.91 Å². The van der Waals surface area contributed by atoms with Crippen molar-refractivity contribution in [2.75, 3.05) is 0 Å². The predicted octanol–water partition coefficient (Wildman–Crippen LogP) is 1.38. The maximum atomic E-state index is 13.4. The lowest BCUT2D eigenvalue weighted by Gasteiger charge is -2.15.